The number of nitrogens with one attached hydrogen (secondary N) is 2. The van der Waals surface area contributed by atoms with Crippen LogP contribution in [0, 0.1) is 5.92 Å². The van der Waals surface area contributed by atoms with E-state index in [1.807, 2.05) is 0 Å². The highest BCUT2D eigenvalue weighted by Gasteiger charge is 2.17. The van der Waals surface area contributed by atoms with E-state index in [1.165, 1.54) is 7.11 Å². The van der Waals surface area contributed by atoms with E-state index >= 15 is 0 Å². The van der Waals surface area contributed by atoms with Gasteiger partial charge in [0, 0.05) is 19.5 Å². The van der Waals surface area contributed by atoms with Gasteiger partial charge >= 0.3 is 5.97 Å². The molecule has 1 unspecified atom stereocenters. The Balaban J connectivity index is 3.90. The Bertz CT molecular complexity index is 267. The fraction of sp³-hybridized carbons (Fsp3) is 0.857. The molecule has 1 amide bonds. The summed E-state index contributed by atoms with van der Waals surface area (Å²) in [7, 11) is 1.39. The molecular formula is C14H28N2O3. The number of hydrogen-bond acceptors (Lipinski definition) is 4. The van der Waals surface area contributed by atoms with Crippen molar-refractivity contribution >= 4 is 11.9 Å². The molecule has 0 aliphatic rings. The van der Waals surface area contributed by atoms with E-state index in [4.69, 9.17) is 4.74 Å². The molecule has 5 nitrogen and oxygen atoms in total. The van der Waals surface area contributed by atoms with Crippen LogP contribution in [0.25, 0.3) is 0 Å². The summed E-state index contributed by atoms with van der Waals surface area (Å²) in [5.74, 6) is 0.209. The monoisotopic (exact) mass is 272 g/mol. The Morgan fingerprint density at radius 1 is 1.26 bits per heavy atom. The van der Waals surface area contributed by atoms with Crippen molar-refractivity contribution in [2.24, 2.45) is 5.92 Å². The van der Waals surface area contributed by atoms with Gasteiger partial charge in [-0.1, -0.05) is 33.6 Å². The van der Waals surface area contributed by atoms with Crippen LogP contribution in [0.4, 0.5) is 0 Å². The van der Waals surface area contributed by atoms with Gasteiger partial charge in [0.1, 0.15) is 6.04 Å². The minimum absolute atomic E-state index is 0.0142. The molecule has 0 aromatic carbocycles. The third kappa shape index (κ3) is 9.47. The molecule has 0 fully saturated rings. The summed E-state index contributed by atoms with van der Waals surface area (Å²) in [6.45, 7) is 7.36. The lowest BCUT2D eigenvalue weighted by atomic mass is 10.1. The average molecular weight is 272 g/mol. The molecular weight excluding hydrogens is 244 g/mol. The number of rotatable bonds is 10. The van der Waals surface area contributed by atoms with Gasteiger partial charge in [-0.25, -0.2) is 0 Å². The molecule has 0 aliphatic carbocycles. The first-order valence-electron chi connectivity index (χ1n) is 7.09. The van der Waals surface area contributed by atoms with E-state index < -0.39 is 0 Å². The normalized spacial score (nSPS) is 12.3. The van der Waals surface area contributed by atoms with Gasteiger partial charge in [-0.15, -0.1) is 0 Å². The molecule has 19 heavy (non-hydrogen) atoms. The van der Waals surface area contributed by atoms with Crippen LogP contribution >= 0.6 is 0 Å². The lowest BCUT2D eigenvalue weighted by molar-refractivity contribution is -0.143. The summed E-state index contributed by atoms with van der Waals surface area (Å²) < 4.78 is 4.74. The smallest absolute Gasteiger partial charge is 0.322 e. The molecule has 1 atom stereocenters. The van der Waals surface area contributed by atoms with E-state index in [0.29, 0.717) is 25.4 Å². The van der Waals surface area contributed by atoms with Gasteiger partial charge in [0.25, 0.3) is 0 Å². The van der Waals surface area contributed by atoms with Crippen LogP contribution in [0.2, 0.25) is 0 Å². The second-order valence-electron chi connectivity index (χ2n) is 5.12. The van der Waals surface area contributed by atoms with Crippen LogP contribution in [0.3, 0.4) is 0 Å². The molecule has 0 aromatic heterocycles. The van der Waals surface area contributed by atoms with Crippen molar-refractivity contribution in [3.8, 4) is 0 Å². The Morgan fingerprint density at radius 2 is 1.95 bits per heavy atom. The van der Waals surface area contributed by atoms with Gasteiger partial charge in [0.05, 0.1) is 7.11 Å². The van der Waals surface area contributed by atoms with Gasteiger partial charge in [-0.05, 0) is 12.3 Å². The predicted octanol–water partition coefficient (Wildman–Crippen LogP) is 1.47. The summed E-state index contributed by atoms with van der Waals surface area (Å²) >= 11 is 0. The number of amides is 1. The van der Waals surface area contributed by atoms with Crippen LogP contribution in [-0.2, 0) is 14.3 Å². The number of esters is 1. The Kier molecular flexibility index (Phi) is 10.2. The lowest BCUT2D eigenvalue weighted by Gasteiger charge is -2.16. The lowest BCUT2D eigenvalue weighted by Crippen LogP contribution is -2.40. The Labute approximate surface area is 116 Å². The van der Waals surface area contributed by atoms with Gasteiger partial charge in [-0.3, -0.25) is 9.59 Å². The maximum Gasteiger partial charge on any atom is 0.322 e. The maximum absolute atomic E-state index is 11.5. The molecule has 2 N–H and O–H groups in total. The number of hydrogen-bond donors (Lipinski definition) is 2. The minimum Gasteiger partial charge on any atom is -0.468 e. The van der Waals surface area contributed by atoms with E-state index in [9.17, 15) is 9.59 Å². The number of ether oxygens (including phenoxy) is 1. The number of unbranched alkanes of at least 4 members (excludes halogenated alkanes) is 1. The second kappa shape index (κ2) is 10.8. The zero-order valence-corrected chi connectivity index (χ0v) is 12.6. The zero-order chi connectivity index (χ0) is 14.7. The molecule has 0 bridgehead atoms. The number of carbonyl (C=O) groups excluding carboxylic acids is 2. The molecule has 112 valence electrons. The van der Waals surface area contributed by atoms with Crippen molar-refractivity contribution in [2.75, 3.05) is 20.2 Å². The first kappa shape index (κ1) is 17.9. The van der Waals surface area contributed by atoms with Crippen molar-refractivity contribution in [3.63, 3.8) is 0 Å². The fourth-order valence-electron chi connectivity index (χ4n) is 1.62. The standard InChI is InChI=1S/C14H28N2O3/c1-5-6-7-12(14(18)19-4)15-9-8-13(17)16-10-11(2)3/h11-12,15H,5-10H2,1-4H3,(H,16,17). The van der Waals surface area contributed by atoms with Crippen LogP contribution < -0.4 is 10.6 Å². The van der Waals surface area contributed by atoms with Crippen LogP contribution in [-0.4, -0.2) is 38.1 Å². The highest BCUT2D eigenvalue weighted by Crippen LogP contribution is 2.02. The van der Waals surface area contributed by atoms with Crippen molar-refractivity contribution in [1.29, 1.82) is 0 Å². The van der Waals surface area contributed by atoms with E-state index in [-0.39, 0.29) is 17.9 Å². The Morgan fingerprint density at radius 3 is 2.47 bits per heavy atom. The van der Waals surface area contributed by atoms with E-state index in [2.05, 4.69) is 31.4 Å². The van der Waals surface area contributed by atoms with Crippen molar-refractivity contribution < 1.29 is 14.3 Å². The molecule has 0 radical (unpaired) electrons. The van der Waals surface area contributed by atoms with Crippen LogP contribution in [0.5, 0.6) is 0 Å². The summed E-state index contributed by atoms with van der Waals surface area (Å²) in [4.78, 5) is 23.0. The van der Waals surface area contributed by atoms with Gasteiger partial charge < -0.3 is 15.4 Å². The molecule has 0 aliphatic heterocycles. The average Bonchev–Trinajstić information content (AvgIpc) is 2.39. The predicted molar refractivity (Wildman–Crippen MR) is 75.8 cm³/mol. The van der Waals surface area contributed by atoms with E-state index in [0.717, 1.165) is 19.3 Å². The maximum atomic E-state index is 11.5. The third-order valence-electron chi connectivity index (χ3n) is 2.78. The summed E-state index contributed by atoms with van der Waals surface area (Å²) in [6, 6.07) is -0.303. The summed E-state index contributed by atoms with van der Waals surface area (Å²) in [5, 5.41) is 5.94. The summed E-state index contributed by atoms with van der Waals surface area (Å²) in [5.41, 5.74) is 0. The molecule has 0 heterocycles. The first-order valence-corrected chi connectivity index (χ1v) is 7.09. The van der Waals surface area contributed by atoms with Crippen molar-refractivity contribution in [3.05, 3.63) is 0 Å². The van der Waals surface area contributed by atoms with Gasteiger partial charge in [0.2, 0.25) is 5.91 Å². The molecule has 0 saturated heterocycles. The van der Waals surface area contributed by atoms with Crippen molar-refractivity contribution in [2.45, 2.75) is 52.5 Å². The molecule has 0 rings (SSSR count). The molecule has 0 aromatic rings. The zero-order valence-electron chi connectivity index (χ0n) is 12.6. The van der Waals surface area contributed by atoms with Crippen LogP contribution in [0.15, 0.2) is 0 Å². The number of carbonyl (C=O) groups is 2. The Hall–Kier alpha value is -1.10. The quantitative estimate of drug-likeness (QED) is 0.591. The van der Waals surface area contributed by atoms with Gasteiger partial charge in [0.15, 0.2) is 0 Å². The SMILES string of the molecule is CCCCC(NCCC(=O)NCC(C)C)C(=O)OC. The van der Waals surface area contributed by atoms with E-state index in [1.54, 1.807) is 0 Å². The van der Waals surface area contributed by atoms with Gasteiger partial charge in [-0.2, -0.15) is 0 Å². The first-order chi connectivity index (χ1) is 9.01. The highest BCUT2D eigenvalue weighted by molar-refractivity contribution is 5.77. The minimum atomic E-state index is -0.303. The molecule has 0 saturated carbocycles. The number of methoxy groups -OCH3 is 1. The largest absolute Gasteiger partial charge is 0.468 e. The van der Waals surface area contributed by atoms with Crippen molar-refractivity contribution in [1.82, 2.24) is 10.6 Å². The summed E-state index contributed by atoms with van der Waals surface area (Å²) in [6.07, 6.45) is 3.12. The van der Waals surface area contributed by atoms with Crippen LogP contribution in [0.1, 0.15) is 46.5 Å². The fourth-order valence-corrected chi connectivity index (χ4v) is 1.62. The third-order valence-corrected chi connectivity index (χ3v) is 2.78. The molecule has 5 heteroatoms. The topological polar surface area (TPSA) is 67.4 Å². The second-order valence-corrected chi connectivity index (χ2v) is 5.12. The highest BCUT2D eigenvalue weighted by atomic mass is 16.5. The molecule has 0 spiro atoms.